The van der Waals surface area contributed by atoms with Gasteiger partial charge in [-0.2, -0.15) is 0 Å². The molecule has 0 atom stereocenters. The molecule has 1 N–H and O–H groups in total. The molecule has 0 aliphatic carbocycles. The van der Waals surface area contributed by atoms with Gasteiger partial charge >= 0.3 is 0 Å². The van der Waals surface area contributed by atoms with Crippen molar-refractivity contribution >= 4 is 53.2 Å². The molecule has 2 aromatic rings. The normalized spacial score (nSPS) is 11.8. The molecule has 0 aliphatic rings. The van der Waals surface area contributed by atoms with E-state index in [0.29, 0.717) is 11.0 Å². The summed E-state index contributed by atoms with van der Waals surface area (Å²) in [6.07, 6.45) is 0.905. The van der Waals surface area contributed by atoms with Gasteiger partial charge in [-0.05, 0) is 57.6 Å². The molecule has 0 aliphatic heterocycles. The highest BCUT2D eigenvalue weighted by atomic mass is 79.9. The molecule has 0 spiro atoms. The fourth-order valence-corrected chi connectivity index (χ4v) is 5.51. The Bertz CT molecular complexity index is 711. The van der Waals surface area contributed by atoms with E-state index in [1.807, 2.05) is 11.4 Å². The molecule has 0 saturated carbocycles. The van der Waals surface area contributed by atoms with Gasteiger partial charge in [0.15, 0.2) is 0 Å². The van der Waals surface area contributed by atoms with Gasteiger partial charge in [-0.1, -0.05) is 22.9 Å². The molecule has 0 fully saturated rings. The second-order valence-electron chi connectivity index (χ2n) is 4.12. The van der Waals surface area contributed by atoms with E-state index in [0.717, 1.165) is 15.8 Å². The van der Waals surface area contributed by atoms with E-state index >= 15 is 0 Å². The minimum atomic E-state index is -3.52. The molecular formula is C13H13Br2NO2S2. The third-order valence-electron chi connectivity index (χ3n) is 2.82. The van der Waals surface area contributed by atoms with Crippen LogP contribution in [0.5, 0.6) is 0 Å². The number of aryl methyl sites for hydroxylation is 1. The molecule has 0 bridgehead atoms. The first-order chi connectivity index (χ1) is 9.44. The number of thiophene rings is 1. The van der Waals surface area contributed by atoms with Crippen LogP contribution in [0.2, 0.25) is 0 Å². The Morgan fingerprint density at radius 3 is 2.65 bits per heavy atom. The van der Waals surface area contributed by atoms with E-state index in [-0.39, 0.29) is 4.90 Å². The van der Waals surface area contributed by atoms with Crippen LogP contribution >= 0.6 is 43.2 Å². The van der Waals surface area contributed by atoms with E-state index in [2.05, 4.69) is 43.5 Å². The van der Waals surface area contributed by atoms with Crippen molar-refractivity contribution in [3.63, 3.8) is 0 Å². The Hall–Kier alpha value is -0.210. The van der Waals surface area contributed by atoms with Crippen LogP contribution in [-0.4, -0.2) is 8.42 Å². The van der Waals surface area contributed by atoms with Crippen LogP contribution in [0.25, 0.3) is 0 Å². The molecule has 108 valence electrons. The maximum atomic E-state index is 12.3. The summed E-state index contributed by atoms with van der Waals surface area (Å²) < 4.78 is 28.6. The molecule has 1 heterocycles. The molecule has 2 rings (SSSR count). The monoisotopic (exact) mass is 437 g/mol. The molecule has 1 aromatic carbocycles. The summed E-state index contributed by atoms with van der Waals surface area (Å²) in [6.45, 7) is 2.39. The minimum absolute atomic E-state index is 0.246. The van der Waals surface area contributed by atoms with Crippen LogP contribution < -0.4 is 4.72 Å². The number of halogens is 2. The van der Waals surface area contributed by atoms with E-state index < -0.39 is 10.0 Å². The third kappa shape index (κ3) is 3.71. The van der Waals surface area contributed by atoms with Crippen LogP contribution in [0.1, 0.15) is 17.4 Å². The molecule has 7 heteroatoms. The molecule has 0 saturated heterocycles. The van der Waals surface area contributed by atoms with Crippen LogP contribution in [0.15, 0.2) is 43.5 Å². The zero-order valence-electron chi connectivity index (χ0n) is 10.7. The molecule has 1 aromatic heterocycles. The first-order valence-electron chi connectivity index (χ1n) is 5.94. The van der Waals surface area contributed by atoms with Crippen molar-refractivity contribution in [1.82, 2.24) is 4.72 Å². The smallest absolute Gasteiger partial charge is 0.207 e. The standard InChI is InChI=1S/C13H13Br2NO2S2/c1-2-9-5-6-19-12(9)8-16-20(17,18)13-4-3-10(14)7-11(13)15/h3-7,16H,2,8H2,1H3. The molecule has 3 nitrogen and oxygen atoms in total. The zero-order chi connectivity index (χ0) is 14.8. The lowest BCUT2D eigenvalue weighted by Crippen LogP contribution is -2.23. The van der Waals surface area contributed by atoms with Crippen molar-refractivity contribution in [2.75, 3.05) is 0 Å². The first-order valence-corrected chi connectivity index (χ1v) is 9.89. The third-order valence-corrected chi connectivity index (χ3v) is 6.66. The van der Waals surface area contributed by atoms with Crippen molar-refractivity contribution < 1.29 is 8.42 Å². The van der Waals surface area contributed by atoms with E-state index in [4.69, 9.17) is 0 Å². The maximum Gasteiger partial charge on any atom is 0.242 e. The lowest BCUT2D eigenvalue weighted by molar-refractivity contribution is 0.581. The van der Waals surface area contributed by atoms with Crippen molar-refractivity contribution in [2.24, 2.45) is 0 Å². The zero-order valence-corrected chi connectivity index (χ0v) is 15.5. The van der Waals surface area contributed by atoms with Gasteiger partial charge in [0.25, 0.3) is 0 Å². The predicted octanol–water partition coefficient (Wildman–Crippen LogP) is 4.31. The number of hydrogen-bond donors (Lipinski definition) is 1. The summed E-state index contributed by atoms with van der Waals surface area (Å²) >= 11 is 8.16. The average molecular weight is 439 g/mol. The highest BCUT2D eigenvalue weighted by molar-refractivity contribution is 9.11. The van der Waals surface area contributed by atoms with Crippen molar-refractivity contribution in [2.45, 2.75) is 24.8 Å². The summed E-state index contributed by atoms with van der Waals surface area (Å²) in [7, 11) is -3.52. The lowest BCUT2D eigenvalue weighted by atomic mass is 10.2. The van der Waals surface area contributed by atoms with Gasteiger partial charge in [0.1, 0.15) is 0 Å². The van der Waals surface area contributed by atoms with Gasteiger partial charge in [0.05, 0.1) is 4.90 Å². The molecule has 0 unspecified atom stereocenters. The second-order valence-corrected chi connectivity index (χ2v) is 8.63. The Morgan fingerprint density at radius 1 is 1.25 bits per heavy atom. The largest absolute Gasteiger partial charge is 0.242 e. The van der Waals surface area contributed by atoms with Crippen LogP contribution in [-0.2, 0) is 23.0 Å². The SMILES string of the molecule is CCc1ccsc1CNS(=O)(=O)c1ccc(Br)cc1Br. The first kappa shape index (κ1) is 16.2. The quantitative estimate of drug-likeness (QED) is 0.755. The Morgan fingerprint density at radius 2 is 2.00 bits per heavy atom. The summed E-state index contributed by atoms with van der Waals surface area (Å²) in [6, 6.07) is 7.04. The number of sulfonamides is 1. The molecular weight excluding hydrogens is 426 g/mol. The Labute approximate surface area is 139 Å². The summed E-state index contributed by atoms with van der Waals surface area (Å²) in [5.74, 6) is 0. The summed E-state index contributed by atoms with van der Waals surface area (Å²) in [4.78, 5) is 1.31. The van der Waals surface area contributed by atoms with E-state index in [1.54, 1.807) is 29.5 Å². The van der Waals surface area contributed by atoms with E-state index in [9.17, 15) is 8.42 Å². The van der Waals surface area contributed by atoms with Gasteiger partial charge in [0, 0.05) is 20.4 Å². The maximum absolute atomic E-state index is 12.3. The molecule has 0 radical (unpaired) electrons. The van der Waals surface area contributed by atoms with Gasteiger partial charge < -0.3 is 0 Å². The van der Waals surface area contributed by atoms with Gasteiger partial charge in [0.2, 0.25) is 10.0 Å². The predicted molar refractivity (Wildman–Crippen MR) is 89.6 cm³/mol. The summed E-state index contributed by atoms with van der Waals surface area (Å²) in [5, 5.41) is 1.98. The van der Waals surface area contributed by atoms with Crippen molar-refractivity contribution in [3.05, 3.63) is 49.0 Å². The minimum Gasteiger partial charge on any atom is -0.207 e. The van der Waals surface area contributed by atoms with Crippen LogP contribution in [0.4, 0.5) is 0 Å². The second kappa shape index (κ2) is 6.70. The van der Waals surface area contributed by atoms with Crippen molar-refractivity contribution in [3.8, 4) is 0 Å². The number of rotatable bonds is 5. The Balaban J connectivity index is 2.19. The van der Waals surface area contributed by atoms with Crippen LogP contribution in [0, 0.1) is 0 Å². The van der Waals surface area contributed by atoms with Gasteiger partial charge in [-0.3, -0.25) is 0 Å². The van der Waals surface area contributed by atoms with Crippen LogP contribution in [0.3, 0.4) is 0 Å². The average Bonchev–Trinajstić information content (AvgIpc) is 2.83. The number of nitrogens with one attached hydrogen (secondary N) is 1. The Kier molecular flexibility index (Phi) is 5.42. The van der Waals surface area contributed by atoms with E-state index in [1.165, 1.54) is 5.56 Å². The number of hydrogen-bond acceptors (Lipinski definition) is 3. The molecule has 20 heavy (non-hydrogen) atoms. The fraction of sp³-hybridized carbons (Fsp3) is 0.231. The topological polar surface area (TPSA) is 46.2 Å². The highest BCUT2D eigenvalue weighted by Crippen LogP contribution is 2.26. The van der Waals surface area contributed by atoms with Gasteiger partial charge in [-0.15, -0.1) is 11.3 Å². The van der Waals surface area contributed by atoms with Gasteiger partial charge in [-0.25, -0.2) is 13.1 Å². The number of benzene rings is 1. The lowest BCUT2D eigenvalue weighted by Gasteiger charge is -2.09. The van der Waals surface area contributed by atoms with Crippen molar-refractivity contribution in [1.29, 1.82) is 0 Å². The summed E-state index contributed by atoms with van der Waals surface area (Å²) in [5.41, 5.74) is 1.19. The fourth-order valence-electron chi connectivity index (χ4n) is 1.77. The molecule has 0 amide bonds. The highest BCUT2D eigenvalue weighted by Gasteiger charge is 2.18.